The standard InChI is InChI=1S/C8H9NO4S.CH2N2/c1-6(10)9-7-2-4-8(5-3-7)14(11,12)13;2-1-3/h2-5H,1H3,(H,9,10)(H,11,12,13);2-3H. The van der Waals surface area contributed by atoms with Crippen LogP contribution in [0.5, 0.6) is 0 Å². The van der Waals surface area contributed by atoms with E-state index in [2.05, 4.69) is 5.32 Å². The van der Waals surface area contributed by atoms with Crippen molar-refractivity contribution in [1.82, 2.24) is 0 Å². The Bertz CT molecular complexity index is 516. The number of carbonyl (C=O) groups is 1. The second kappa shape index (κ2) is 6.54. The fourth-order valence-corrected chi connectivity index (χ4v) is 1.39. The van der Waals surface area contributed by atoms with Crippen LogP contribution >= 0.6 is 0 Å². The first-order valence-corrected chi connectivity index (χ1v) is 5.69. The zero-order chi connectivity index (χ0) is 13.5. The molecule has 0 saturated carbocycles. The first-order chi connectivity index (χ1) is 7.81. The number of benzene rings is 1. The minimum absolute atomic E-state index is 0.202. The molecule has 4 N–H and O–H groups in total. The summed E-state index contributed by atoms with van der Waals surface area (Å²) >= 11 is 0. The van der Waals surface area contributed by atoms with Gasteiger partial charge in [0.05, 0.1) is 10.9 Å². The molecule has 0 aliphatic rings. The van der Waals surface area contributed by atoms with Crippen molar-refractivity contribution >= 4 is 27.7 Å². The zero-order valence-corrected chi connectivity index (χ0v) is 9.71. The summed E-state index contributed by atoms with van der Waals surface area (Å²) in [6.07, 6.45) is 0. The quantitative estimate of drug-likeness (QED) is 0.468. The Morgan fingerprint density at radius 1 is 1.29 bits per heavy atom. The third-order valence-electron chi connectivity index (χ3n) is 1.47. The average Bonchev–Trinajstić information content (AvgIpc) is 2.17. The van der Waals surface area contributed by atoms with Gasteiger partial charge in [-0.1, -0.05) is 0 Å². The van der Waals surface area contributed by atoms with Crippen molar-refractivity contribution < 1.29 is 17.8 Å². The molecule has 0 atom stereocenters. The van der Waals surface area contributed by atoms with Crippen LogP contribution in [0.4, 0.5) is 5.69 Å². The largest absolute Gasteiger partial charge is 0.326 e. The monoisotopic (exact) mass is 257 g/mol. The molecule has 1 amide bonds. The van der Waals surface area contributed by atoms with Crippen LogP contribution in [0.2, 0.25) is 0 Å². The molecular weight excluding hydrogens is 246 g/mol. The smallest absolute Gasteiger partial charge is 0.294 e. The first-order valence-electron chi connectivity index (χ1n) is 4.25. The molecule has 7 nitrogen and oxygen atoms in total. The lowest BCUT2D eigenvalue weighted by molar-refractivity contribution is -0.114. The highest BCUT2D eigenvalue weighted by molar-refractivity contribution is 7.85. The fraction of sp³-hybridized carbons (Fsp3) is 0.111. The summed E-state index contributed by atoms with van der Waals surface area (Å²) in [5.41, 5.74) is 0.477. The van der Waals surface area contributed by atoms with Crippen LogP contribution < -0.4 is 5.32 Å². The lowest BCUT2D eigenvalue weighted by Gasteiger charge is -2.01. The van der Waals surface area contributed by atoms with E-state index in [1.165, 1.54) is 37.2 Å². The number of rotatable bonds is 2. The summed E-state index contributed by atoms with van der Waals surface area (Å²) in [7, 11) is -4.16. The SMILES string of the molecule is CC(=O)Nc1ccc(S(=O)(=O)O)cc1.N=C=N. The molecule has 1 aromatic carbocycles. The molecule has 0 heterocycles. The van der Waals surface area contributed by atoms with Crippen molar-refractivity contribution in [3.8, 4) is 0 Å². The van der Waals surface area contributed by atoms with Gasteiger partial charge in [0.15, 0.2) is 0 Å². The minimum Gasteiger partial charge on any atom is -0.326 e. The number of carbonyl (C=O) groups excluding carboxylic acids is 1. The molecule has 17 heavy (non-hydrogen) atoms. The van der Waals surface area contributed by atoms with Crippen molar-refractivity contribution in [3.05, 3.63) is 24.3 Å². The normalized spacial score (nSPS) is 9.53. The summed E-state index contributed by atoms with van der Waals surface area (Å²) in [4.78, 5) is 10.4. The lowest BCUT2D eigenvalue weighted by atomic mass is 10.3. The van der Waals surface area contributed by atoms with Gasteiger partial charge in [0.1, 0.15) is 0 Å². The molecule has 0 aliphatic heterocycles. The molecule has 0 aliphatic carbocycles. The molecule has 0 spiro atoms. The van der Waals surface area contributed by atoms with E-state index in [4.69, 9.17) is 15.4 Å². The van der Waals surface area contributed by atoms with E-state index in [1.807, 2.05) is 0 Å². The van der Waals surface area contributed by atoms with Crippen LogP contribution in [0.15, 0.2) is 29.2 Å². The van der Waals surface area contributed by atoms with Crippen LogP contribution in [0.1, 0.15) is 6.92 Å². The maximum Gasteiger partial charge on any atom is 0.294 e. The van der Waals surface area contributed by atoms with Gasteiger partial charge in [0.25, 0.3) is 10.1 Å². The van der Waals surface area contributed by atoms with Crippen LogP contribution in [-0.2, 0) is 14.9 Å². The Labute approximate surface area is 98.2 Å². The van der Waals surface area contributed by atoms with Gasteiger partial charge in [-0.05, 0) is 24.3 Å². The van der Waals surface area contributed by atoms with Gasteiger partial charge in [0.2, 0.25) is 5.91 Å². The third kappa shape index (κ3) is 6.21. The Kier molecular flexibility index (Phi) is 5.76. The van der Waals surface area contributed by atoms with Gasteiger partial charge in [-0.15, -0.1) is 0 Å². The van der Waals surface area contributed by atoms with E-state index in [9.17, 15) is 13.2 Å². The van der Waals surface area contributed by atoms with Gasteiger partial charge in [-0.2, -0.15) is 8.42 Å². The average molecular weight is 257 g/mol. The highest BCUT2D eigenvalue weighted by Gasteiger charge is 2.08. The summed E-state index contributed by atoms with van der Waals surface area (Å²) in [6.45, 7) is 1.34. The molecule has 1 rings (SSSR count). The molecule has 92 valence electrons. The van der Waals surface area contributed by atoms with Crippen molar-refractivity contribution in [2.75, 3.05) is 5.32 Å². The van der Waals surface area contributed by atoms with Crippen LogP contribution in [0, 0.1) is 10.8 Å². The number of hydrogen-bond donors (Lipinski definition) is 4. The number of hydrogen-bond acceptors (Lipinski definition) is 5. The van der Waals surface area contributed by atoms with E-state index in [-0.39, 0.29) is 10.8 Å². The predicted octanol–water partition coefficient (Wildman–Crippen LogP) is 1.21. The molecule has 0 bridgehead atoms. The Morgan fingerprint density at radius 3 is 2.00 bits per heavy atom. The Balaban J connectivity index is 0.000000770. The maximum atomic E-state index is 10.6. The van der Waals surface area contributed by atoms with Crippen LogP contribution in [-0.4, -0.2) is 24.9 Å². The molecule has 0 radical (unpaired) electrons. The number of nitrogens with one attached hydrogen (secondary N) is 3. The Hall–Kier alpha value is -2.02. The van der Waals surface area contributed by atoms with Crippen molar-refractivity contribution in [3.63, 3.8) is 0 Å². The molecule has 8 heteroatoms. The second-order valence-electron chi connectivity index (χ2n) is 2.81. The zero-order valence-electron chi connectivity index (χ0n) is 8.89. The van der Waals surface area contributed by atoms with E-state index in [1.54, 1.807) is 0 Å². The van der Waals surface area contributed by atoms with Crippen molar-refractivity contribution in [2.45, 2.75) is 11.8 Å². The first kappa shape index (κ1) is 15.0. The van der Waals surface area contributed by atoms with Crippen molar-refractivity contribution in [2.24, 2.45) is 0 Å². The van der Waals surface area contributed by atoms with Gasteiger partial charge >= 0.3 is 0 Å². The molecule has 0 fully saturated rings. The summed E-state index contributed by atoms with van der Waals surface area (Å²) in [6, 6.07) is 6.45. The highest BCUT2D eigenvalue weighted by atomic mass is 32.2. The predicted molar refractivity (Wildman–Crippen MR) is 61.0 cm³/mol. The summed E-state index contributed by atoms with van der Waals surface area (Å²) < 4.78 is 29.9. The molecule has 0 unspecified atom stereocenters. The van der Waals surface area contributed by atoms with Crippen LogP contribution in [0.25, 0.3) is 0 Å². The fourth-order valence-electron chi connectivity index (χ4n) is 0.914. The molecular formula is C9H11N3O4S. The molecule has 0 aromatic heterocycles. The lowest BCUT2D eigenvalue weighted by Crippen LogP contribution is -2.06. The third-order valence-corrected chi connectivity index (χ3v) is 2.34. The van der Waals surface area contributed by atoms with Gasteiger partial charge in [-0.25, -0.2) is 10.8 Å². The van der Waals surface area contributed by atoms with Gasteiger partial charge in [-0.3, -0.25) is 9.35 Å². The Morgan fingerprint density at radius 2 is 1.71 bits per heavy atom. The second-order valence-corrected chi connectivity index (χ2v) is 4.23. The van der Waals surface area contributed by atoms with E-state index >= 15 is 0 Å². The summed E-state index contributed by atoms with van der Waals surface area (Å²) in [5.74, 6) is -0.246. The highest BCUT2D eigenvalue weighted by Crippen LogP contribution is 2.13. The van der Waals surface area contributed by atoms with E-state index in [0.29, 0.717) is 5.69 Å². The van der Waals surface area contributed by atoms with E-state index < -0.39 is 10.1 Å². The topological polar surface area (TPSA) is 131 Å². The molecule has 1 aromatic rings. The molecule has 0 saturated heterocycles. The van der Waals surface area contributed by atoms with Crippen molar-refractivity contribution in [1.29, 1.82) is 10.8 Å². The van der Waals surface area contributed by atoms with E-state index in [0.717, 1.165) is 0 Å². The summed E-state index contributed by atoms with van der Waals surface area (Å²) in [5, 5.41) is 13.7. The minimum atomic E-state index is -4.16. The van der Waals surface area contributed by atoms with Crippen LogP contribution in [0.3, 0.4) is 0 Å². The van der Waals surface area contributed by atoms with Gasteiger partial charge < -0.3 is 5.32 Å². The van der Waals surface area contributed by atoms with Gasteiger partial charge in [0, 0.05) is 12.6 Å². The number of amides is 1. The number of anilines is 1. The maximum absolute atomic E-state index is 10.6.